The summed E-state index contributed by atoms with van der Waals surface area (Å²) >= 11 is 3.66. The van der Waals surface area contributed by atoms with E-state index in [-0.39, 0.29) is 23.5 Å². The molecule has 234 valence electrons. The number of hydrogen-bond acceptors (Lipinski definition) is 8. The molecule has 3 aromatic rings. The van der Waals surface area contributed by atoms with Gasteiger partial charge >= 0.3 is 0 Å². The maximum atomic E-state index is 14.3. The number of rotatable bonds is 8. The molecule has 5 rings (SSSR count). The number of amides is 1. The number of aromatic amines is 1. The van der Waals surface area contributed by atoms with Gasteiger partial charge in [-0.2, -0.15) is 0 Å². The average Bonchev–Trinajstić information content (AvgIpc) is 3.63. The van der Waals surface area contributed by atoms with Crippen molar-refractivity contribution >= 4 is 52.4 Å². The van der Waals surface area contributed by atoms with Gasteiger partial charge in [-0.05, 0) is 42.8 Å². The van der Waals surface area contributed by atoms with E-state index in [2.05, 4.69) is 60.1 Å². The molecule has 0 radical (unpaired) electrons. The number of carbonyl (C=O) groups excluding carboxylic acids is 1. The molecular formula is C31H42BrN3O7Si. The predicted octanol–water partition coefficient (Wildman–Crippen LogP) is 5.93. The van der Waals surface area contributed by atoms with Crippen LogP contribution in [0.1, 0.15) is 61.3 Å². The molecule has 43 heavy (non-hydrogen) atoms. The minimum Gasteiger partial charge on any atom is -0.542 e. The summed E-state index contributed by atoms with van der Waals surface area (Å²) in [5.74, 6) is 1.62. The second-order valence-corrected chi connectivity index (χ2v) is 18.5. The monoisotopic (exact) mass is 675 g/mol. The number of methoxy groups -OCH3 is 3. The van der Waals surface area contributed by atoms with E-state index in [0.717, 1.165) is 10.9 Å². The van der Waals surface area contributed by atoms with E-state index in [0.29, 0.717) is 63.0 Å². The van der Waals surface area contributed by atoms with Crippen LogP contribution in [0.5, 0.6) is 23.0 Å². The van der Waals surface area contributed by atoms with Crippen LogP contribution in [0.4, 0.5) is 11.4 Å². The Morgan fingerprint density at radius 1 is 1.09 bits per heavy atom. The first-order chi connectivity index (χ1) is 20.2. The zero-order chi connectivity index (χ0) is 31.6. The summed E-state index contributed by atoms with van der Waals surface area (Å²) in [6.07, 6.45) is -1.00. The largest absolute Gasteiger partial charge is 0.542 e. The zero-order valence-corrected chi connectivity index (χ0v) is 28.9. The van der Waals surface area contributed by atoms with Crippen molar-refractivity contribution in [3.63, 3.8) is 0 Å². The fourth-order valence-corrected chi connectivity index (χ4v) is 7.33. The molecule has 2 aliphatic heterocycles. The highest BCUT2D eigenvalue weighted by atomic mass is 79.9. The molecule has 0 saturated carbocycles. The van der Waals surface area contributed by atoms with E-state index in [1.807, 2.05) is 6.07 Å². The number of nitrogens with zero attached hydrogens (tertiary/aromatic N) is 1. The highest BCUT2D eigenvalue weighted by Gasteiger charge is 2.49. The molecule has 0 bridgehead atoms. The highest BCUT2D eigenvalue weighted by molar-refractivity contribution is 9.09. The van der Waals surface area contributed by atoms with Gasteiger partial charge in [0.15, 0.2) is 11.5 Å². The van der Waals surface area contributed by atoms with Crippen LogP contribution in [0.25, 0.3) is 10.9 Å². The number of aliphatic hydroxyl groups is 2. The molecule has 4 N–H and O–H groups in total. The predicted molar refractivity (Wildman–Crippen MR) is 175 cm³/mol. The van der Waals surface area contributed by atoms with Crippen molar-refractivity contribution in [2.24, 2.45) is 0 Å². The molecular weight excluding hydrogens is 634 g/mol. The van der Waals surface area contributed by atoms with Crippen molar-refractivity contribution in [2.75, 3.05) is 50.0 Å². The molecule has 3 heterocycles. The Labute approximate surface area is 261 Å². The minimum atomic E-state index is -2.33. The van der Waals surface area contributed by atoms with Crippen LogP contribution in [-0.2, 0) is 0 Å². The standard InChI is InChI=1S/C31H42BrN3O7Si/c1-30(2,3)43(8,9)42-20-12-19-22(23-25(20)34-31(4,15-36)28(23)37)17(13-32)14-35(19)29(38)18-10-16-11-21(39-5)26(40-6)27(41-7)24(16)33-18/h10-12,17,28,33-34,36-37H,13-15H2,1-9H3/t17-,28-,31+/m1/s1. The number of halogens is 1. The lowest BCUT2D eigenvalue weighted by atomic mass is 9.88. The van der Waals surface area contributed by atoms with Crippen molar-refractivity contribution in [3.8, 4) is 23.0 Å². The van der Waals surface area contributed by atoms with E-state index in [1.165, 1.54) is 7.11 Å². The van der Waals surface area contributed by atoms with Crippen LogP contribution >= 0.6 is 15.9 Å². The van der Waals surface area contributed by atoms with Gasteiger partial charge in [-0.15, -0.1) is 0 Å². The molecule has 1 aromatic heterocycles. The molecule has 0 unspecified atom stereocenters. The van der Waals surface area contributed by atoms with Gasteiger partial charge in [0.25, 0.3) is 14.2 Å². The van der Waals surface area contributed by atoms with Gasteiger partial charge < -0.3 is 44.1 Å². The van der Waals surface area contributed by atoms with Crippen molar-refractivity contribution in [3.05, 3.63) is 35.0 Å². The third-order valence-corrected chi connectivity index (χ3v) is 14.4. The Hall–Kier alpha value is -2.93. The van der Waals surface area contributed by atoms with Crippen LogP contribution < -0.4 is 28.9 Å². The number of carbonyl (C=O) groups is 1. The second kappa shape index (κ2) is 10.9. The molecule has 12 heteroatoms. The number of alkyl halides is 1. The summed E-state index contributed by atoms with van der Waals surface area (Å²) in [6, 6.07) is 5.51. The van der Waals surface area contributed by atoms with Gasteiger partial charge in [-0.3, -0.25) is 4.79 Å². The molecule has 0 spiro atoms. The number of nitrogens with one attached hydrogen (secondary N) is 2. The summed E-state index contributed by atoms with van der Waals surface area (Å²) in [6.45, 7) is 12.7. The summed E-state index contributed by atoms with van der Waals surface area (Å²) in [5, 5.41) is 26.6. The third kappa shape index (κ3) is 4.86. The molecule has 3 atom stereocenters. The maximum Gasteiger partial charge on any atom is 0.274 e. The van der Waals surface area contributed by atoms with Gasteiger partial charge in [0, 0.05) is 34.8 Å². The maximum absolute atomic E-state index is 14.3. The number of fused-ring (bicyclic) bond motifs is 4. The molecule has 2 aromatic carbocycles. The summed E-state index contributed by atoms with van der Waals surface area (Å²) in [4.78, 5) is 19.3. The first-order valence-electron chi connectivity index (χ1n) is 14.3. The topological polar surface area (TPSA) is 126 Å². The number of benzene rings is 2. The number of anilines is 2. The van der Waals surface area contributed by atoms with Crippen molar-refractivity contribution < 1.29 is 33.6 Å². The van der Waals surface area contributed by atoms with Gasteiger partial charge in [0.1, 0.15) is 17.5 Å². The van der Waals surface area contributed by atoms with E-state index >= 15 is 0 Å². The van der Waals surface area contributed by atoms with E-state index < -0.39 is 20.0 Å². The summed E-state index contributed by atoms with van der Waals surface area (Å²) in [7, 11) is 2.30. The highest BCUT2D eigenvalue weighted by Crippen LogP contribution is 2.56. The van der Waals surface area contributed by atoms with E-state index in [9.17, 15) is 15.0 Å². The smallest absolute Gasteiger partial charge is 0.274 e. The van der Waals surface area contributed by atoms with Crippen LogP contribution in [0.15, 0.2) is 18.2 Å². The lowest BCUT2D eigenvalue weighted by molar-refractivity contribution is 0.0745. The van der Waals surface area contributed by atoms with E-state index in [1.54, 1.807) is 38.2 Å². The Morgan fingerprint density at radius 2 is 1.77 bits per heavy atom. The Kier molecular flexibility index (Phi) is 7.98. The molecule has 1 amide bonds. The fourth-order valence-electron chi connectivity index (χ4n) is 5.78. The van der Waals surface area contributed by atoms with Crippen molar-refractivity contribution in [2.45, 2.75) is 63.4 Å². The molecule has 10 nitrogen and oxygen atoms in total. The lowest BCUT2D eigenvalue weighted by Gasteiger charge is -2.37. The molecule has 0 saturated heterocycles. The number of ether oxygens (including phenoxy) is 3. The molecule has 0 fully saturated rings. The van der Waals surface area contributed by atoms with Crippen LogP contribution in [-0.4, -0.2) is 74.8 Å². The van der Waals surface area contributed by atoms with Crippen LogP contribution in [0, 0.1) is 0 Å². The first-order valence-corrected chi connectivity index (χ1v) is 18.4. The second-order valence-electron chi connectivity index (χ2n) is 13.1. The Bertz CT molecular complexity index is 1580. The minimum absolute atomic E-state index is 0.0875. The number of aromatic nitrogens is 1. The Morgan fingerprint density at radius 3 is 2.33 bits per heavy atom. The van der Waals surface area contributed by atoms with Gasteiger partial charge in [0.2, 0.25) is 5.75 Å². The molecule has 0 aliphatic carbocycles. The van der Waals surface area contributed by atoms with Crippen molar-refractivity contribution in [1.29, 1.82) is 0 Å². The van der Waals surface area contributed by atoms with E-state index in [4.69, 9.17) is 18.6 Å². The van der Waals surface area contributed by atoms with Crippen LogP contribution in [0.2, 0.25) is 18.1 Å². The number of hydrogen-bond donors (Lipinski definition) is 4. The Balaban J connectivity index is 1.68. The average molecular weight is 677 g/mol. The number of aliphatic hydroxyl groups excluding tert-OH is 2. The fraction of sp³-hybridized carbons (Fsp3) is 0.516. The van der Waals surface area contributed by atoms with Gasteiger partial charge in [-0.25, -0.2) is 0 Å². The normalized spacial score (nSPS) is 21.4. The zero-order valence-electron chi connectivity index (χ0n) is 26.3. The summed E-state index contributed by atoms with van der Waals surface area (Å²) in [5.41, 5.74) is 2.91. The van der Waals surface area contributed by atoms with Gasteiger partial charge in [0.05, 0.1) is 50.4 Å². The quantitative estimate of drug-likeness (QED) is 0.171. The third-order valence-electron chi connectivity index (χ3n) is 9.32. The summed E-state index contributed by atoms with van der Waals surface area (Å²) < 4.78 is 23.5. The van der Waals surface area contributed by atoms with Gasteiger partial charge in [-0.1, -0.05) is 36.7 Å². The van der Waals surface area contributed by atoms with Crippen molar-refractivity contribution in [1.82, 2.24) is 4.98 Å². The molecule has 2 aliphatic rings. The first kappa shape index (κ1) is 31.5. The lowest BCUT2D eigenvalue weighted by Crippen LogP contribution is -2.44. The van der Waals surface area contributed by atoms with Crippen LogP contribution in [0.3, 0.4) is 0 Å². The SMILES string of the molecule is COc1cc2cc(C(=O)N3C[C@@H](CBr)c4c3cc(O[Si](C)(C)C(C)(C)C)c3c4[C@@H](O)[C@](C)(CO)N3)[nH]c2c(OC)c1OC. The number of H-pyrrole nitrogens is 1.